The van der Waals surface area contributed by atoms with Gasteiger partial charge in [-0.3, -0.25) is 4.79 Å². The van der Waals surface area contributed by atoms with Gasteiger partial charge in [0.15, 0.2) is 5.76 Å². The zero-order valence-electron chi connectivity index (χ0n) is 11.8. The molecule has 0 aromatic carbocycles. The molecule has 1 N–H and O–H groups in total. The molecule has 19 heavy (non-hydrogen) atoms. The van der Waals surface area contributed by atoms with Gasteiger partial charge in [-0.1, -0.05) is 19.0 Å². The lowest BCUT2D eigenvalue weighted by molar-refractivity contribution is 0.0781. The van der Waals surface area contributed by atoms with Gasteiger partial charge in [-0.05, 0) is 25.7 Å². The standard InChI is InChI=1S/C14H22N2O3/c1-9(2)13-12(10(3)15-19-13)14(18)16-6-4-11(8-16)5-7-17/h9,11,17H,4-8H2,1-3H3. The number of rotatable bonds is 4. The summed E-state index contributed by atoms with van der Waals surface area (Å²) >= 11 is 0. The molecule has 5 nitrogen and oxygen atoms in total. The highest BCUT2D eigenvalue weighted by atomic mass is 16.5. The first-order chi connectivity index (χ1) is 9.04. The molecule has 0 saturated carbocycles. The smallest absolute Gasteiger partial charge is 0.259 e. The fraction of sp³-hybridized carbons (Fsp3) is 0.714. The van der Waals surface area contributed by atoms with Gasteiger partial charge in [-0.15, -0.1) is 0 Å². The Bertz CT molecular complexity index is 454. The van der Waals surface area contributed by atoms with Gasteiger partial charge in [0.2, 0.25) is 0 Å². The summed E-state index contributed by atoms with van der Waals surface area (Å²) in [5.74, 6) is 1.25. The van der Waals surface area contributed by atoms with E-state index in [0.717, 1.165) is 25.9 Å². The van der Waals surface area contributed by atoms with Crippen molar-refractivity contribution in [1.82, 2.24) is 10.1 Å². The van der Waals surface area contributed by atoms with E-state index >= 15 is 0 Å². The van der Waals surface area contributed by atoms with Crippen molar-refractivity contribution < 1.29 is 14.4 Å². The van der Waals surface area contributed by atoms with Crippen molar-refractivity contribution in [3.8, 4) is 0 Å². The van der Waals surface area contributed by atoms with Crippen LogP contribution in [0.15, 0.2) is 4.52 Å². The van der Waals surface area contributed by atoms with Crippen molar-refractivity contribution in [3.05, 3.63) is 17.0 Å². The molecule has 1 fully saturated rings. The van der Waals surface area contributed by atoms with E-state index in [-0.39, 0.29) is 18.4 Å². The number of aliphatic hydroxyl groups is 1. The molecule has 5 heteroatoms. The lowest BCUT2D eigenvalue weighted by atomic mass is 10.0. The number of likely N-dealkylation sites (tertiary alicyclic amines) is 1. The lowest BCUT2D eigenvalue weighted by Gasteiger charge is -2.17. The van der Waals surface area contributed by atoms with Crippen LogP contribution in [0.2, 0.25) is 0 Å². The number of nitrogens with zero attached hydrogens (tertiary/aromatic N) is 2. The van der Waals surface area contributed by atoms with Gasteiger partial charge in [0.05, 0.1) is 5.69 Å². The first-order valence-corrected chi connectivity index (χ1v) is 6.90. The summed E-state index contributed by atoms with van der Waals surface area (Å²) in [5.41, 5.74) is 1.29. The summed E-state index contributed by atoms with van der Waals surface area (Å²) in [6.07, 6.45) is 1.73. The van der Waals surface area contributed by atoms with Crippen LogP contribution in [0.3, 0.4) is 0 Å². The van der Waals surface area contributed by atoms with E-state index in [9.17, 15) is 4.79 Å². The summed E-state index contributed by atoms with van der Waals surface area (Å²) in [5, 5.41) is 12.9. The highest BCUT2D eigenvalue weighted by molar-refractivity contribution is 5.96. The first kappa shape index (κ1) is 14.1. The summed E-state index contributed by atoms with van der Waals surface area (Å²) < 4.78 is 5.27. The van der Waals surface area contributed by atoms with Crippen LogP contribution >= 0.6 is 0 Å². The third-order valence-corrected chi connectivity index (χ3v) is 3.74. The average molecular weight is 266 g/mol. The Morgan fingerprint density at radius 3 is 2.95 bits per heavy atom. The minimum atomic E-state index is 0.0166. The van der Waals surface area contributed by atoms with Gasteiger partial charge in [-0.25, -0.2) is 0 Å². The van der Waals surface area contributed by atoms with Crippen molar-refractivity contribution in [1.29, 1.82) is 0 Å². The molecule has 0 aliphatic carbocycles. The van der Waals surface area contributed by atoms with Crippen LogP contribution in [0.4, 0.5) is 0 Å². The van der Waals surface area contributed by atoms with Crippen molar-refractivity contribution in [2.45, 2.75) is 39.5 Å². The quantitative estimate of drug-likeness (QED) is 0.904. The highest BCUT2D eigenvalue weighted by Crippen LogP contribution is 2.27. The van der Waals surface area contributed by atoms with Crippen molar-refractivity contribution in [3.63, 3.8) is 0 Å². The molecule has 106 valence electrons. The summed E-state index contributed by atoms with van der Waals surface area (Å²) in [6.45, 7) is 7.47. The second kappa shape index (κ2) is 5.74. The third kappa shape index (κ3) is 2.81. The Morgan fingerprint density at radius 2 is 2.32 bits per heavy atom. The lowest BCUT2D eigenvalue weighted by Crippen LogP contribution is -2.30. The van der Waals surface area contributed by atoms with Crippen LogP contribution in [-0.2, 0) is 0 Å². The van der Waals surface area contributed by atoms with Crippen LogP contribution in [0.25, 0.3) is 0 Å². The highest BCUT2D eigenvalue weighted by Gasteiger charge is 2.31. The topological polar surface area (TPSA) is 66.6 Å². The molecule has 0 spiro atoms. The Labute approximate surface area is 113 Å². The molecule has 2 rings (SSSR count). The fourth-order valence-corrected chi connectivity index (χ4v) is 2.63. The minimum absolute atomic E-state index is 0.0166. The molecule has 1 aromatic rings. The van der Waals surface area contributed by atoms with Crippen LogP contribution in [0.1, 0.15) is 54.4 Å². The number of hydrogen-bond donors (Lipinski definition) is 1. The second-order valence-electron chi connectivity index (χ2n) is 5.58. The predicted octanol–water partition coefficient (Wildman–Crippen LogP) is 1.95. The normalized spacial score (nSPS) is 19.4. The number of hydrogen-bond acceptors (Lipinski definition) is 4. The Hall–Kier alpha value is -1.36. The van der Waals surface area contributed by atoms with Gasteiger partial charge in [0, 0.05) is 25.6 Å². The van der Waals surface area contributed by atoms with E-state index < -0.39 is 0 Å². The number of aliphatic hydroxyl groups excluding tert-OH is 1. The number of aromatic nitrogens is 1. The van der Waals surface area contributed by atoms with Crippen molar-refractivity contribution in [2.75, 3.05) is 19.7 Å². The maximum Gasteiger partial charge on any atom is 0.259 e. The predicted molar refractivity (Wildman–Crippen MR) is 71.0 cm³/mol. The van der Waals surface area contributed by atoms with E-state index in [2.05, 4.69) is 5.16 Å². The molecular weight excluding hydrogens is 244 g/mol. The monoisotopic (exact) mass is 266 g/mol. The van der Waals surface area contributed by atoms with Crippen LogP contribution in [-0.4, -0.2) is 40.8 Å². The van der Waals surface area contributed by atoms with Gasteiger partial charge in [0.25, 0.3) is 5.91 Å². The molecular formula is C14H22N2O3. The largest absolute Gasteiger partial charge is 0.396 e. The van der Waals surface area contributed by atoms with Gasteiger partial charge < -0.3 is 14.5 Å². The Morgan fingerprint density at radius 1 is 1.58 bits per heavy atom. The Balaban J connectivity index is 2.15. The SMILES string of the molecule is Cc1noc(C(C)C)c1C(=O)N1CCC(CCO)C1. The summed E-state index contributed by atoms with van der Waals surface area (Å²) in [7, 11) is 0. The molecule has 1 saturated heterocycles. The van der Waals surface area contributed by atoms with Crippen LogP contribution in [0, 0.1) is 12.8 Å². The van der Waals surface area contributed by atoms with Gasteiger partial charge >= 0.3 is 0 Å². The van der Waals surface area contributed by atoms with E-state index in [1.165, 1.54) is 0 Å². The van der Waals surface area contributed by atoms with Gasteiger partial charge in [-0.2, -0.15) is 0 Å². The first-order valence-electron chi connectivity index (χ1n) is 6.90. The summed E-state index contributed by atoms with van der Waals surface area (Å²) in [6, 6.07) is 0. The van der Waals surface area contributed by atoms with Crippen LogP contribution < -0.4 is 0 Å². The van der Waals surface area contributed by atoms with E-state index in [1.54, 1.807) is 0 Å². The number of carbonyl (C=O) groups is 1. The molecule has 0 radical (unpaired) electrons. The molecule has 2 heterocycles. The maximum atomic E-state index is 12.6. The molecule has 1 aromatic heterocycles. The number of aryl methyl sites for hydroxylation is 1. The molecule has 1 atom stereocenters. The third-order valence-electron chi connectivity index (χ3n) is 3.74. The van der Waals surface area contributed by atoms with Gasteiger partial charge in [0.1, 0.15) is 5.56 Å². The van der Waals surface area contributed by atoms with E-state index in [4.69, 9.17) is 9.63 Å². The molecule has 0 bridgehead atoms. The molecule has 1 aliphatic heterocycles. The average Bonchev–Trinajstić information content (AvgIpc) is 2.95. The summed E-state index contributed by atoms with van der Waals surface area (Å²) in [4.78, 5) is 14.4. The van der Waals surface area contributed by atoms with E-state index in [0.29, 0.717) is 22.9 Å². The zero-order valence-corrected chi connectivity index (χ0v) is 11.8. The molecule has 1 amide bonds. The molecule has 1 aliphatic rings. The van der Waals surface area contributed by atoms with Crippen LogP contribution in [0.5, 0.6) is 0 Å². The fourth-order valence-electron chi connectivity index (χ4n) is 2.63. The van der Waals surface area contributed by atoms with Crippen molar-refractivity contribution in [2.24, 2.45) is 5.92 Å². The number of carbonyl (C=O) groups excluding carboxylic acids is 1. The Kier molecular flexibility index (Phi) is 4.24. The minimum Gasteiger partial charge on any atom is -0.396 e. The van der Waals surface area contributed by atoms with Crippen molar-refractivity contribution >= 4 is 5.91 Å². The number of amides is 1. The molecule has 1 unspecified atom stereocenters. The van der Waals surface area contributed by atoms with E-state index in [1.807, 2.05) is 25.7 Å². The zero-order chi connectivity index (χ0) is 14.0. The maximum absolute atomic E-state index is 12.6. The second-order valence-corrected chi connectivity index (χ2v) is 5.58.